The number of hydrogen-bond acceptors (Lipinski definition) is 5. The molecule has 0 unspecified atom stereocenters. The van der Waals surface area contributed by atoms with Gasteiger partial charge in [-0.2, -0.15) is 18.3 Å². The van der Waals surface area contributed by atoms with E-state index < -0.39 is 17.7 Å². The molecule has 0 saturated carbocycles. The lowest BCUT2D eigenvalue weighted by atomic mass is 10.1. The van der Waals surface area contributed by atoms with Gasteiger partial charge in [0, 0.05) is 5.56 Å². The summed E-state index contributed by atoms with van der Waals surface area (Å²) < 4.78 is 45.6. The summed E-state index contributed by atoms with van der Waals surface area (Å²) in [5.74, 6) is -0.879. The lowest BCUT2D eigenvalue weighted by Crippen LogP contribution is -2.07. The summed E-state index contributed by atoms with van der Waals surface area (Å²) in [5, 5.41) is 3.86. The Kier molecular flexibility index (Phi) is 3.63. The molecule has 0 fully saturated rings. The van der Waals surface area contributed by atoms with Crippen molar-refractivity contribution in [1.29, 1.82) is 0 Å². The highest BCUT2D eigenvalue weighted by molar-refractivity contribution is 5.91. The number of nitrogen functional groups attached to an aromatic ring is 1. The second kappa shape index (κ2) is 5.52. The Morgan fingerprint density at radius 1 is 1.29 bits per heavy atom. The van der Waals surface area contributed by atoms with Crippen molar-refractivity contribution in [1.82, 2.24) is 14.6 Å². The second-order valence-electron chi connectivity index (χ2n) is 4.92. The van der Waals surface area contributed by atoms with E-state index in [4.69, 9.17) is 5.73 Å². The van der Waals surface area contributed by atoms with E-state index in [1.54, 1.807) is 12.1 Å². The van der Waals surface area contributed by atoms with Gasteiger partial charge < -0.3 is 10.5 Å². The zero-order valence-corrected chi connectivity index (χ0v) is 12.3. The Morgan fingerprint density at radius 2 is 2.04 bits per heavy atom. The van der Waals surface area contributed by atoms with Gasteiger partial charge in [0.05, 0.1) is 23.9 Å². The summed E-state index contributed by atoms with van der Waals surface area (Å²) in [6.07, 6.45) is -3.56. The minimum Gasteiger partial charge on any atom is -0.465 e. The van der Waals surface area contributed by atoms with Crippen LogP contribution in [0.15, 0.2) is 36.7 Å². The molecule has 1 aromatic carbocycles. The number of nitrogens with zero attached hydrogens (tertiary/aromatic N) is 3. The maximum Gasteiger partial charge on any atom is 0.418 e. The van der Waals surface area contributed by atoms with E-state index in [1.807, 2.05) is 0 Å². The first-order chi connectivity index (χ1) is 11.3. The summed E-state index contributed by atoms with van der Waals surface area (Å²) in [5.41, 5.74) is 5.03. The van der Waals surface area contributed by atoms with Crippen molar-refractivity contribution in [3.8, 4) is 11.3 Å². The summed E-state index contributed by atoms with van der Waals surface area (Å²) in [6.45, 7) is 0. The molecule has 2 N–H and O–H groups in total. The van der Waals surface area contributed by atoms with E-state index in [0.717, 1.165) is 16.9 Å². The van der Waals surface area contributed by atoms with E-state index in [-0.39, 0.29) is 22.6 Å². The van der Waals surface area contributed by atoms with Gasteiger partial charge in [-0.3, -0.25) is 0 Å². The Bertz CT molecular complexity index is 934. The van der Waals surface area contributed by atoms with Gasteiger partial charge in [-0.05, 0) is 18.2 Å². The molecule has 0 aliphatic heterocycles. The number of esters is 1. The van der Waals surface area contributed by atoms with Crippen LogP contribution in [-0.4, -0.2) is 27.7 Å². The van der Waals surface area contributed by atoms with E-state index in [1.165, 1.54) is 19.2 Å². The summed E-state index contributed by atoms with van der Waals surface area (Å²) >= 11 is 0. The minimum absolute atomic E-state index is 0.136. The first kappa shape index (κ1) is 15.8. The van der Waals surface area contributed by atoms with Crippen molar-refractivity contribution in [2.75, 3.05) is 12.8 Å². The largest absolute Gasteiger partial charge is 0.465 e. The molecule has 124 valence electrons. The number of benzene rings is 1. The average Bonchev–Trinajstić information content (AvgIpc) is 2.95. The highest BCUT2D eigenvalue weighted by Crippen LogP contribution is 2.38. The quantitative estimate of drug-likeness (QED) is 0.728. The predicted octanol–water partition coefficient (Wildman–Crippen LogP) is 2.78. The van der Waals surface area contributed by atoms with Gasteiger partial charge in [0.1, 0.15) is 11.8 Å². The number of carbonyl (C=O) groups excluding carboxylic acids is 1. The van der Waals surface area contributed by atoms with Crippen LogP contribution in [0.1, 0.15) is 15.9 Å². The maximum absolute atomic E-state index is 13.3. The van der Waals surface area contributed by atoms with Gasteiger partial charge in [-0.25, -0.2) is 14.3 Å². The van der Waals surface area contributed by atoms with E-state index in [2.05, 4.69) is 14.8 Å². The fourth-order valence-corrected chi connectivity index (χ4v) is 2.41. The second-order valence-corrected chi connectivity index (χ2v) is 4.92. The molecule has 0 atom stereocenters. The first-order valence-electron chi connectivity index (χ1n) is 6.71. The van der Waals surface area contributed by atoms with E-state index in [0.29, 0.717) is 5.56 Å². The molecule has 2 heterocycles. The molecule has 24 heavy (non-hydrogen) atoms. The summed E-state index contributed by atoms with van der Waals surface area (Å²) in [4.78, 5) is 15.2. The zero-order valence-electron chi connectivity index (χ0n) is 12.3. The van der Waals surface area contributed by atoms with Crippen molar-refractivity contribution in [2.24, 2.45) is 0 Å². The third kappa shape index (κ3) is 2.53. The molecule has 0 bridgehead atoms. The Morgan fingerprint density at radius 3 is 2.71 bits per heavy atom. The van der Waals surface area contributed by atoms with Gasteiger partial charge in [0.15, 0.2) is 5.82 Å². The van der Waals surface area contributed by atoms with Crippen molar-refractivity contribution < 1.29 is 22.7 Å². The van der Waals surface area contributed by atoms with Crippen LogP contribution in [0.2, 0.25) is 0 Å². The predicted molar refractivity (Wildman–Crippen MR) is 79.2 cm³/mol. The number of anilines is 1. The van der Waals surface area contributed by atoms with Crippen LogP contribution in [0, 0.1) is 0 Å². The summed E-state index contributed by atoms with van der Waals surface area (Å²) in [7, 11) is 1.22. The van der Waals surface area contributed by atoms with Crippen LogP contribution in [0.4, 0.5) is 19.0 Å². The standard InChI is InChI=1S/C15H11F3N4O2/c1-24-14(23)9-4-2-3-8(5-9)11-6-10(15(16,17)18)12-13(19)20-7-21-22(11)12/h2-7H,1H3,(H2,19,20,21). The van der Waals surface area contributed by atoms with Gasteiger partial charge in [0.25, 0.3) is 0 Å². The number of aromatic nitrogens is 3. The van der Waals surface area contributed by atoms with Gasteiger partial charge in [0.2, 0.25) is 0 Å². The molecule has 3 aromatic rings. The minimum atomic E-state index is -4.62. The molecule has 0 radical (unpaired) electrons. The summed E-state index contributed by atoms with van der Waals surface area (Å²) in [6, 6.07) is 6.95. The van der Waals surface area contributed by atoms with Crippen LogP contribution in [-0.2, 0) is 10.9 Å². The van der Waals surface area contributed by atoms with Crippen molar-refractivity contribution in [3.05, 3.63) is 47.8 Å². The smallest absolute Gasteiger partial charge is 0.418 e. The average molecular weight is 336 g/mol. The zero-order chi connectivity index (χ0) is 17.5. The molecular formula is C15H11F3N4O2. The third-order valence-corrected chi connectivity index (χ3v) is 3.47. The van der Waals surface area contributed by atoms with Crippen LogP contribution in [0.5, 0.6) is 0 Å². The Balaban J connectivity index is 2.28. The molecule has 0 spiro atoms. The number of carbonyl (C=O) groups is 1. The van der Waals surface area contributed by atoms with Crippen LogP contribution in [0.3, 0.4) is 0 Å². The number of nitrogens with two attached hydrogens (primary N) is 1. The van der Waals surface area contributed by atoms with Gasteiger partial charge in [-0.15, -0.1) is 0 Å². The molecule has 6 nitrogen and oxygen atoms in total. The monoisotopic (exact) mass is 336 g/mol. The Labute approximate surface area is 133 Å². The number of rotatable bonds is 2. The van der Waals surface area contributed by atoms with E-state index >= 15 is 0 Å². The van der Waals surface area contributed by atoms with E-state index in [9.17, 15) is 18.0 Å². The molecule has 9 heteroatoms. The number of fused-ring (bicyclic) bond motifs is 1. The Hall–Kier alpha value is -3.10. The molecular weight excluding hydrogens is 325 g/mol. The lowest BCUT2D eigenvalue weighted by molar-refractivity contribution is -0.136. The van der Waals surface area contributed by atoms with Crippen LogP contribution < -0.4 is 5.73 Å². The highest BCUT2D eigenvalue weighted by atomic mass is 19.4. The molecule has 2 aromatic heterocycles. The fourth-order valence-electron chi connectivity index (χ4n) is 2.41. The number of halogens is 3. The first-order valence-corrected chi connectivity index (χ1v) is 6.71. The van der Waals surface area contributed by atoms with Gasteiger partial charge >= 0.3 is 12.1 Å². The molecule has 0 saturated heterocycles. The molecule has 0 amide bonds. The van der Waals surface area contributed by atoms with Crippen LogP contribution in [0.25, 0.3) is 16.8 Å². The third-order valence-electron chi connectivity index (χ3n) is 3.47. The number of hydrogen-bond donors (Lipinski definition) is 1. The normalized spacial score (nSPS) is 11.7. The number of ether oxygens (including phenoxy) is 1. The molecule has 0 aliphatic rings. The topological polar surface area (TPSA) is 82.5 Å². The number of alkyl halides is 3. The number of methoxy groups -OCH3 is 1. The van der Waals surface area contributed by atoms with Crippen molar-refractivity contribution in [3.63, 3.8) is 0 Å². The fraction of sp³-hybridized carbons (Fsp3) is 0.133. The molecule has 3 rings (SSSR count). The van der Waals surface area contributed by atoms with Crippen LogP contribution >= 0.6 is 0 Å². The maximum atomic E-state index is 13.3. The van der Waals surface area contributed by atoms with Gasteiger partial charge in [-0.1, -0.05) is 12.1 Å². The SMILES string of the molecule is COC(=O)c1cccc(-c2cc(C(F)(F)F)c3c(N)ncnn23)c1. The van der Waals surface area contributed by atoms with Crippen molar-refractivity contribution in [2.45, 2.75) is 6.18 Å². The lowest BCUT2D eigenvalue weighted by Gasteiger charge is -2.06. The van der Waals surface area contributed by atoms with Crippen molar-refractivity contribution >= 4 is 17.3 Å². The highest BCUT2D eigenvalue weighted by Gasteiger charge is 2.36. The molecule has 0 aliphatic carbocycles.